The first kappa shape index (κ1) is 13.3. The van der Waals surface area contributed by atoms with Gasteiger partial charge >= 0.3 is 0 Å². The van der Waals surface area contributed by atoms with Crippen molar-refractivity contribution in [2.24, 2.45) is 0 Å². The second kappa shape index (κ2) is 7.50. The number of hydrogen-bond acceptors (Lipinski definition) is 2. The van der Waals surface area contributed by atoms with Gasteiger partial charge in [0.15, 0.2) is 0 Å². The van der Waals surface area contributed by atoms with Gasteiger partial charge in [0.25, 0.3) is 0 Å². The Morgan fingerprint density at radius 1 is 1.19 bits per heavy atom. The minimum absolute atomic E-state index is 0.561. The minimum Gasteiger partial charge on any atom is -0.384 e. The molecule has 0 bridgehead atoms. The molecule has 0 aliphatic heterocycles. The normalized spacial score (nSPS) is 10.4. The summed E-state index contributed by atoms with van der Waals surface area (Å²) in [4.78, 5) is 4.20. The molecule has 3 heteroatoms. The molecule has 0 unspecified atom stereocenters. The van der Waals surface area contributed by atoms with Gasteiger partial charge in [-0.3, -0.25) is 0 Å². The highest BCUT2D eigenvalue weighted by Gasteiger charge is 1.99. The average Bonchev–Trinajstić information content (AvgIpc) is 2.26. The highest BCUT2D eigenvalue weighted by Crippen LogP contribution is 2.15. The third-order valence-electron chi connectivity index (χ3n) is 2.65. The van der Waals surface area contributed by atoms with Gasteiger partial charge < -0.3 is 5.32 Å². The van der Waals surface area contributed by atoms with E-state index in [0.29, 0.717) is 5.15 Å². The van der Waals surface area contributed by atoms with Gasteiger partial charge in [0.1, 0.15) is 5.15 Å². The van der Waals surface area contributed by atoms with E-state index >= 15 is 0 Å². The van der Waals surface area contributed by atoms with Crippen LogP contribution >= 0.6 is 11.6 Å². The van der Waals surface area contributed by atoms with Crippen LogP contribution in [0.1, 0.15) is 44.7 Å². The lowest BCUT2D eigenvalue weighted by Crippen LogP contribution is -2.03. The number of unbranched alkanes of at least 4 members (excludes halogenated alkanes) is 4. The summed E-state index contributed by atoms with van der Waals surface area (Å²) < 4.78 is 0. The van der Waals surface area contributed by atoms with Gasteiger partial charge in [0.05, 0.1) is 11.4 Å². The largest absolute Gasteiger partial charge is 0.384 e. The van der Waals surface area contributed by atoms with E-state index in [-0.39, 0.29) is 0 Å². The zero-order valence-corrected chi connectivity index (χ0v) is 11.0. The fourth-order valence-electron chi connectivity index (χ4n) is 1.67. The number of nitrogens with one attached hydrogen (secondary N) is 1. The summed E-state index contributed by atoms with van der Waals surface area (Å²) in [5.74, 6) is 0. The third kappa shape index (κ3) is 4.84. The molecule has 1 aromatic heterocycles. The molecule has 0 amide bonds. The number of halogens is 1. The van der Waals surface area contributed by atoms with E-state index in [1.807, 2.05) is 19.1 Å². The van der Waals surface area contributed by atoms with Gasteiger partial charge in [-0.15, -0.1) is 0 Å². The Morgan fingerprint density at radius 2 is 1.94 bits per heavy atom. The van der Waals surface area contributed by atoms with Crippen LogP contribution in [0, 0.1) is 6.92 Å². The number of hydrogen-bond donors (Lipinski definition) is 1. The number of aromatic nitrogens is 1. The van der Waals surface area contributed by atoms with E-state index in [1.54, 1.807) is 0 Å². The van der Waals surface area contributed by atoms with Gasteiger partial charge in [-0.2, -0.15) is 0 Å². The molecule has 2 nitrogen and oxygen atoms in total. The van der Waals surface area contributed by atoms with E-state index in [9.17, 15) is 0 Å². The Kier molecular flexibility index (Phi) is 6.24. The summed E-state index contributed by atoms with van der Waals surface area (Å²) in [5.41, 5.74) is 2.07. The Bertz CT molecular complexity index is 313. The van der Waals surface area contributed by atoms with Crippen LogP contribution in [0.15, 0.2) is 12.1 Å². The Hall–Kier alpha value is -0.760. The number of aryl methyl sites for hydroxylation is 1. The number of nitrogens with zero attached hydrogens (tertiary/aromatic N) is 1. The monoisotopic (exact) mass is 240 g/mol. The maximum absolute atomic E-state index is 5.80. The van der Waals surface area contributed by atoms with E-state index in [0.717, 1.165) is 17.9 Å². The summed E-state index contributed by atoms with van der Waals surface area (Å²) >= 11 is 5.80. The highest BCUT2D eigenvalue weighted by atomic mass is 35.5. The minimum atomic E-state index is 0.561. The van der Waals surface area contributed by atoms with Crippen molar-refractivity contribution in [2.75, 3.05) is 11.9 Å². The molecular weight excluding hydrogens is 220 g/mol. The summed E-state index contributed by atoms with van der Waals surface area (Å²) in [6.07, 6.45) is 6.52. The first-order valence-electron chi connectivity index (χ1n) is 6.11. The lowest BCUT2D eigenvalue weighted by Gasteiger charge is -2.08. The van der Waals surface area contributed by atoms with Gasteiger partial charge in [-0.1, -0.05) is 44.2 Å². The number of pyridine rings is 1. The summed E-state index contributed by atoms with van der Waals surface area (Å²) in [7, 11) is 0. The molecule has 0 aliphatic rings. The zero-order chi connectivity index (χ0) is 11.8. The molecule has 0 fully saturated rings. The quantitative estimate of drug-likeness (QED) is 0.564. The predicted molar refractivity (Wildman–Crippen MR) is 71.2 cm³/mol. The van der Waals surface area contributed by atoms with Crippen molar-refractivity contribution >= 4 is 17.3 Å². The zero-order valence-electron chi connectivity index (χ0n) is 10.2. The van der Waals surface area contributed by atoms with Gasteiger partial charge in [0, 0.05) is 6.54 Å². The highest BCUT2D eigenvalue weighted by molar-refractivity contribution is 6.29. The molecule has 0 aromatic carbocycles. The van der Waals surface area contributed by atoms with Gasteiger partial charge in [0.2, 0.25) is 0 Å². The molecule has 1 N–H and O–H groups in total. The third-order valence-corrected chi connectivity index (χ3v) is 2.86. The Labute approximate surface area is 103 Å². The second-order valence-corrected chi connectivity index (χ2v) is 4.50. The molecule has 90 valence electrons. The molecule has 1 rings (SSSR count). The molecular formula is C13H21ClN2. The van der Waals surface area contributed by atoms with Crippen LogP contribution in [0.3, 0.4) is 0 Å². The first-order chi connectivity index (χ1) is 7.74. The van der Waals surface area contributed by atoms with Crippen molar-refractivity contribution in [3.63, 3.8) is 0 Å². The molecule has 0 aliphatic carbocycles. The van der Waals surface area contributed by atoms with Crippen LogP contribution in [0.2, 0.25) is 5.15 Å². The van der Waals surface area contributed by atoms with Crippen LogP contribution in [0.25, 0.3) is 0 Å². The van der Waals surface area contributed by atoms with Crippen LogP contribution in [-0.4, -0.2) is 11.5 Å². The Morgan fingerprint density at radius 3 is 2.62 bits per heavy atom. The lowest BCUT2D eigenvalue weighted by atomic mass is 10.1. The topological polar surface area (TPSA) is 24.9 Å². The van der Waals surface area contributed by atoms with E-state index in [1.165, 1.54) is 32.1 Å². The second-order valence-electron chi connectivity index (χ2n) is 4.11. The summed E-state index contributed by atoms with van der Waals surface area (Å²) in [6, 6.07) is 3.82. The van der Waals surface area contributed by atoms with Crippen molar-refractivity contribution in [1.82, 2.24) is 4.98 Å². The van der Waals surface area contributed by atoms with E-state index < -0.39 is 0 Å². The number of anilines is 1. The van der Waals surface area contributed by atoms with Crippen molar-refractivity contribution in [2.45, 2.75) is 46.0 Å². The predicted octanol–water partition coefficient (Wildman–Crippen LogP) is 4.43. The van der Waals surface area contributed by atoms with Gasteiger partial charge in [-0.25, -0.2) is 4.98 Å². The maximum atomic E-state index is 5.80. The van der Waals surface area contributed by atoms with Crippen LogP contribution in [0.4, 0.5) is 5.69 Å². The van der Waals surface area contributed by atoms with Crippen molar-refractivity contribution in [3.8, 4) is 0 Å². The lowest BCUT2D eigenvalue weighted by molar-refractivity contribution is 0.645. The maximum Gasteiger partial charge on any atom is 0.129 e. The summed E-state index contributed by atoms with van der Waals surface area (Å²) in [6.45, 7) is 5.24. The van der Waals surface area contributed by atoms with Crippen LogP contribution in [-0.2, 0) is 0 Å². The molecule has 0 saturated carbocycles. The van der Waals surface area contributed by atoms with Crippen LogP contribution < -0.4 is 5.32 Å². The average molecular weight is 241 g/mol. The molecule has 0 saturated heterocycles. The molecule has 1 heterocycles. The fraction of sp³-hybridized carbons (Fsp3) is 0.615. The van der Waals surface area contributed by atoms with E-state index in [2.05, 4.69) is 17.2 Å². The standard InChI is InChI=1S/C13H21ClN2/c1-3-4-5-6-7-10-15-12-8-9-13(14)16-11(12)2/h8-9,15H,3-7,10H2,1-2H3. The molecule has 0 atom stereocenters. The molecule has 0 radical (unpaired) electrons. The summed E-state index contributed by atoms with van der Waals surface area (Å²) in [5, 5.41) is 3.96. The molecule has 1 aromatic rings. The SMILES string of the molecule is CCCCCCCNc1ccc(Cl)nc1C. The molecule has 0 spiro atoms. The van der Waals surface area contributed by atoms with Crippen molar-refractivity contribution in [1.29, 1.82) is 0 Å². The molecule has 16 heavy (non-hydrogen) atoms. The van der Waals surface area contributed by atoms with Crippen LogP contribution in [0.5, 0.6) is 0 Å². The first-order valence-corrected chi connectivity index (χ1v) is 6.49. The smallest absolute Gasteiger partial charge is 0.129 e. The van der Waals surface area contributed by atoms with Crippen molar-refractivity contribution < 1.29 is 0 Å². The fourth-order valence-corrected chi connectivity index (χ4v) is 1.86. The Balaban J connectivity index is 2.21. The number of rotatable bonds is 7. The van der Waals surface area contributed by atoms with Crippen molar-refractivity contribution in [3.05, 3.63) is 23.0 Å². The van der Waals surface area contributed by atoms with Gasteiger partial charge in [-0.05, 0) is 25.5 Å². The van der Waals surface area contributed by atoms with E-state index in [4.69, 9.17) is 11.6 Å².